The molecule has 2 unspecified atom stereocenters. The number of Topliss-reactive ketones (excluding diaryl/α,β-unsaturated/α-hetero) is 1. The van der Waals surface area contributed by atoms with Crippen molar-refractivity contribution in [1.29, 1.82) is 0 Å². The number of ketones is 1. The van der Waals surface area contributed by atoms with Gasteiger partial charge >= 0.3 is 0 Å². The highest BCUT2D eigenvalue weighted by Gasteiger charge is 2.31. The quantitative estimate of drug-likeness (QED) is 0.739. The van der Waals surface area contributed by atoms with E-state index in [-0.39, 0.29) is 29.1 Å². The van der Waals surface area contributed by atoms with Crippen LogP contribution in [-0.2, 0) is 19.4 Å². The fourth-order valence-corrected chi connectivity index (χ4v) is 4.34. The van der Waals surface area contributed by atoms with Crippen LogP contribution in [-0.4, -0.2) is 38.9 Å². The molecule has 92 valence electrons. The maximum absolute atomic E-state index is 11.9. The van der Waals surface area contributed by atoms with Gasteiger partial charge in [0, 0.05) is 18.9 Å². The number of sulfone groups is 1. The molecule has 0 bridgehead atoms. The topological polar surface area (TPSA) is 60.4 Å². The van der Waals surface area contributed by atoms with Gasteiger partial charge in [-0.1, -0.05) is 0 Å². The van der Waals surface area contributed by atoms with E-state index in [2.05, 4.69) is 0 Å². The Kier molecular flexibility index (Phi) is 3.64. The number of hydrogen-bond acceptors (Lipinski definition) is 4. The van der Waals surface area contributed by atoms with Crippen molar-refractivity contribution in [2.75, 3.05) is 24.7 Å². The predicted octanol–water partition coefficient (Wildman–Crippen LogP) is 0.807. The van der Waals surface area contributed by atoms with Crippen molar-refractivity contribution >= 4 is 15.6 Å². The number of rotatable bonds is 3. The van der Waals surface area contributed by atoms with Gasteiger partial charge < -0.3 is 4.74 Å². The van der Waals surface area contributed by atoms with Crippen molar-refractivity contribution in [1.82, 2.24) is 0 Å². The van der Waals surface area contributed by atoms with Crippen LogP contribution in [0.15, 0.2) is 0 Å². The molecule has 0 radical (unpaired) electrons. The summed E-state index contributed by atoms with van der Waals surface area (Å²) in [7, 11) is -2.86. The first-order valence-corrected chi connectivity index (χ1v) is 7.70. The zero-order chi connectivity index (χ0) is 11.6. The van der Waals surface area contributed by atoms with Crippen molar-refractivity contribution < 1.29 is 17.9 Å². The summed E-state index contributed by atoms with van der Waals surface area (Å²) >= 11 is 0. The second-order valence-corrected chi connectivity index (χ2v) is 7.08. The molecule has 0 aliphatic carbocycles. The van der Waals surface area contributed by atoms with Crippen LogP contribution < -0.4 is 0 Å². The number of carbonyl (C=O) groups is 1. The van der Waals surface area contributed by atoms with Crippen LogP contribution in [0.2, 0.25) is 0 Å². The Morgan fingerprint density at radius 3 is 2.69 bits per heavy atom. The van der Waals surface area contributed by atoms with Gasteiger partial charge in [-0.25, -0.2) is 8.42 Å². The number of ether oxygens (including phenoxy) is 1. The van der Waals surface area contributed by atoms with Crippen LogP contribution in [0, 0.1) is 11.8 Å². The van der Waals surface area contributed by atoms with Crippen LogP contribution >= 0.6 is 0 Å². The molecule has 0 spiro atoms. The first-order chi connectivity index (χ1) is 7.57. The van der Waals surface area contributed by atoms with Gasteiger partial charge in [0.25, 0.3) is 0 Å². The third-order valence-corrected chi connectivity index (χ3v) is 5.27. The molecule has 2 heterocycles. The van der Waals surface area contributed by atoms with Crippen LogP contribution in [0.3, 0.4) is 0 Å². The molecule has 2 aliphatic rings. The standard InChI is InChI=1S/C11H18O4S/c12-11(10-2-1-4-15-7-10)6-9-3-5-16(13,14)8-9/h9-10H,1-8H2. The summed E-state index contributed by atoms with van der Waals surface area (Å²) in [6.07, 6.45) is 2.92. The van der Waals surface area contributed by atoms with E-state index in [9.17, 15) is 13.2 Å². The summed E-state index contributed by atoms with van der Waals surface area (Å²) in [5, 5.41) is 0. The molecule has 2 atom stereocenters. The second kappa shape index (κ2) is 4.84. The van der Waals surface area contributed by atoms with E-state index in [1.54, 1.807) is 0 Å². The maximum atomic E-state index is 11.9. The van der Waals surface area contributed by atoms with Crippen molar-refractivity contribution in [2.24, 2.45) is 11.8 Å². The fourth-order valence-electron chi connectivity index (χ4n) is 2.48. The Labute approximate surface area is 96.3 Å². The lowest BCUT2D eigenvalue weighted by atomic mass is 9.90. The molecular weight excluding hydrogens is 228 g/mol. The molecule has 2 aliphatic heterocycles. The van der Waals surface area contributed by atoms with Gasteiger partial charge in [-0.2, -0.15) is 0 Å². The average molecular weight is 246 g/mol. The number of hydrogen-bond donors (Lipinski definition) is 0. The van der Waals surface area contributed by atoms with E-state index in [0.717, 1.165) is 19.4 Å². The minimum Gasteiger partial charge on any atom is -0.381 e. The molecule has 2 rings (SSSR count). The highest BCUT2D eigenvalue weighted by molar-refractivity contribution is 7.91. The van der Waals surface area contributed by atoms with Gasteiger partial charge in [0.15, 0.2) is 9.84 Å². The highest BCUT2D eigenvalue weighted by Crippen LogP contribution is 2.25. The second-order valence-electron chi connectivity index (χ2n) is 4.85. The lowest BCUT2D eigenvalue weighted by Gasteiger charge is -2.21. The van der Waals surface area contributed by atoms with E-state index < -0.39 is 9.84 Å². The van der Waals surface area contributed by atoms with Gasteiger partial charge in [0.05, 0.1) is 18.1 Å². The fraction of sp³-hybridized carbons (Fsp3) is 0.909. The predicted molar refractivity (Wildman–Crippen MR) is 59.9 cm³/mol. The maximum Gasteiger partial charge on any atom is 0.150 e. The largest absolute Gasteiger partial charge is 0.381 e. The van der Waals surface area contributed by atoms with E-state index >= 15 is 0 Å². The summed E-state index contributed by atoms with van der Waals surface area (Å²) in [6, 6.07) is 0. The van der Waals surface area contributed by atoms with Gasteiger partial charge in [-0.3, -0.25) is 4.79 Å². The molecule has 0 aromatic rings. The Bertz CT molecular complexity index is 354. The SMILES string of the molecule is O=C(CC1CCS(=O)(=O)C1)C1CCCOC1. The van der Waals surface area contributed by atoms with Crippen molar-refractivity contribution in [3.05, 3.63) is 0 Å². The Morgan fingerprint density at radius 2 is 2.12 bits per heavy atom. The zero-order valence-corrected chi connectivity index (χ0v) is 10.2. The third-order valence-electron chi connectivity index (χ3n) is 3.43. The van der Waals surface area contributed by atoms with Crippen molar-refractivity contribution in [3.63, 3.8) is 0 Å². The first kappa shape index (κ1) is 12.0. The lowest BCUT2D eigenvalue weighted by Crippen LogP contribution is -2.27. The van der Waals surface area contributed by atoms with Crippen LogP contribution in [0.5, 0.6) is 0 Å². The summed E-state index contributed by atoms with van der Waals surface area (Å²) in [6.45, 7) is 1.28. The van der Waals surface area contributed by atoms with Crippen molar-refractivity contribution in [3.8, 4) is 0 Å². The van der Waals surface area contributed by atoms with Crippen molar-refractivity contribution in [2.45, 2.75) is 25.7 Å². The summed E-state index contributed by atoms with van der Waals surface area (Å²) in [5.41, 5.74) is 0. The molecule has 0 amide bonds. The summed E-state index contributed by atoms with van der Waals surface area (Å²) in [4.78, 5) is 11.9. The van der Waals surface area contributed by atoms with Crippen LogP contribution in [0.1, 0.15) is 25.7 Å². The molecule has 0 N–H and O–H groups in total. The molecule has 4 nitrogen and oxygen atoms in total. The highest BCUT2D eigenvalue weighted by atomic mass is 32.2. The number of carbonyl (C=O) groups excluding carboxylic acids is 1. The Hall–Kier alpha value is -0.420. The summed E-state index contributed by atoms with van der Waals surface area (Å²) in [5.74, 6) is 0.719. The Balaban J connectivity index is 1.83. The monoisotopic (exact) mass is 246 g/mol. The van der Waals surface area contributed by atoms with Gasteiger partial charge in [-0.05, 0) is 25.2 Å². The van der Waals surface area contributed by atoms with E-state index in [4.69, 9.17) is 4.74 Å². The Morgan fingerprint density at radius 1 is 1.31 bits per heavy atom. The molecule has 0 saturated carbocycles. The molecule has 2 fully saturated rings. The van der Waals surface area contributed by atoms with Crippen LogP contribution in [0.4, 0.5) is 0 Å². The molecular formula is C11H18O4S. The molecule has 0 aromatic heterocycles. The molecule has 2 saturated heterocycles. The van der Waals surface area contributed by atoms with E-state index in [0.29, 0.717) is 19.4 Å². The van der Waals surface area contributed by atoms with Gasteiger partial charge in [0.1, 0.15) is 5.78 Å². The molecule has 0 aromatic carbocycles. The smallest absolute Gasteiger partial charge is 0.150 e. The van der Waals surface area contributed by atoms with Gasteiger partial charge in [0.2, 0.25) is 0 Å². The van der Waals surface area contributed by atoms with Gasteiger partial charge in [-0.15, -0.1) is 0 Å². The minimum absolute atomic E-state index is 0.0112. The lowest BCUT2D eigenvalue weighted by molar-refractivity contribution is -0.127. The minimum atomic E-state index is -2.86. The average Bonchev–Trinajstić information content (AvgIpc) is 2.59. The third kappa shape index (κ3) is 3.04. The summed E-state index contributed by atoms with van der Waals surface area (Å²) < 4.78 is 27.8. The van der Waals surface area contributed by atoms with E-state index in [1.165, 1.54) is 0 Å². The normalized spacial score (nSPS) is 33.8. The molecule has 5 heteroatoms. The molecule has 16 heavy (non-hydrogen) atoms. The zero-order valence-electron chi connectivity index (χ0n) is 9.35. The van der Waals surface area contributed by atoms with E-state index in [1.807, 2.05) is 0 Å². The first-order valence-electron chi connectivity index (χ1n) is 5.88. The van der Waals surface area contributed by atoms with Crippen LogP contribution in [0.25, 0.3) is 0 Å².